The lowest BCUT2D eigenvalue weighted by Gasteiger charge is -2.18. The summed E-state index contributed by atoms with van der Waals surface area (Å²) in [4.78, 5) is 3.41. The fourth-order valence-electron chi connectivity index (χ4n) is 3.92. The molecule has 3 aromatic rings. The van der Waals surface area contributed by atoms with Crippen LogP contribution in [0.5, 0.6) is 0 Å². The molecule has 2 aliphatic heterocycles. The van der Waals surface area contributed by atoms with E-state index in [1.54, 1.807) is 0 Å². The quantitative estimate of drug-likeness (QED) is 0.541. The van der Waals surface area contributed by atoms with Crippen molar-refractivity contribution < 1.29 is 0 Å². The van der Waals surface area contributed by atoms with Crippen molar-refractivity contribution in [2.75, 3.05) is 29.2 Å². The lowest BCUT2D eigenvalue weighted by atomic mass is 9.93. The summed E-state index contributed by atoms with van der Waals surface area (Å²) in [5.41, 5.74) is 10.1. The van der Waals surface area contributed by atoms with Crippen molar-refractivity contribution >= 4 is 28.8 Å². The number of benzene rings is 2. The van der Waals surface area contributed by atoms with Gasteiger partial charge in [0.25, 0.3) is 0 Å². The highest BCUT2D eigenvalue weighted by atomic mass is 15.1. The summed E-state index contributed by atoms with van der Waals surface area (Å²) in [5.74, 6) is 1.11. The molecule has 0 radical (unpaired) electrons. The van der Waals surface area contributed by atoms with Crippen LogP contribution in [0.2, 0.25) is 0 Å². The van der Waals surface area contributed by atoms with Crippen molar-refractivity contribution in [1.29, 1.82) is 0 Å². The van der Waals surface area contributed by atoms with Gasteiger partial charge in [0.15, 0.2) is 0 Å². The largest absolute Gasteiger partial charge is 0.367 e. The lowest BCUT2D eigenvalue weighted by molar-refractivity contribution is 1.14. The van der Waals surface area contributed by atoms with E-state index in [2.05, 4.69) is 82.6 Å². The normalized spacial score (nSPS) is 14.6. The minimum atomic E-state index is 0.802. The third-order valence-corrected chi connectivity index (χ3v) is 5.33. The van der Waals surface area contributed by atoms with Gasteiger partial charge >= 0.3 is 0 Å². The maximum absolute atomic E-state index is 3.55. The van der Waals surface area contributed by atoms with Gasteiger partial charge in [-0.2, -0.15) is 0 Å². The highest BCUT2D eigenvalue weighted by molar-refractivity contribution is 5.96. The fraction of sp³-hybridized carbons (Fsp3) is 0.182. The van der Waals surface area contributed by atoms with Gasteiger partial charge in [0.1, 0.15) is 5.82 Å². The van der Waals surface area contributed by atoms with E-state index in [4.69, 9.17) is 0 Å². The molecule has 3 heterocycles. The number of hydrogen-bond donors (Lipinski definition) is 4. The molecule has 0 fully saturated rings. The van der Waals surface area contributed by atoms with Crippen LogP contribution in [0.25, 0.3) is 22.8 Å². The van der Waals surface area contributed by atoms with Crippen molar-refractivity contribution in [3.8, 4) is 11.1 Å². The van der Waals surface area contributed by atoms with Crippen molar-refractivity contribution in [3.05, 3.63) is 65.4 Å². The third kappa shape index (κ3) is 2.37. The van der Waals surface area contributed by atoms with E-state index in [9.17, 15) is 0 Å². The van der Waals surface area contributed by atoms with Gasteiger partial charge in [-0.3, -0.25) is 0 Å². The van der Waals surface area contributed by atoms with E-state index in [-0.39, 0.29) is 0 Å². The Hall–Kier alpha value is -3.14. The first-order valence-corrected chi connectivity index (χ1v) is 9.19. The van der Waals surface area contributed by atoms with E-state index < -0.39 is 0 Å². The molecule has 0 amide bonds. The number of rotatable bonds is 3. The molecule has 0 unspecified atom stereocenters. The molecule has 26 heavy (non-hydrogen) atoms. The van der Waals surface area contributed by atoms with Gasteiger partial charge in [0, 0.05) is 23.9 Å². The number of aryl methyl sites for hydroxylation is 1. The second-order valence-corrected chi connectivity index (χ2v) is 6.82. The minimum Gasteiger partial charge on any atom is -0.367 e. The number of fused-ring (bicyclic) bond motifs is 2. The number of hydrogen-bond acceptors (Lipinski definition) is 3. The van der Waals surface area contributed by atoms with Gasteiger partial charge in [-0.15, -0.1) is 0 Å². The predicted octanol–water partition coefficient (Wildman–Crippen LogP) is 5.01. The monoisotopic (exact) mass is 342 g/mol. The first kappa shape index (κ1) is 15.1. The number of aromatic amines is 1. The van der Waals surface area contributed by atoms with E-state index in [1.807, 2.05) is 0 Å². The summed E-state index contributed by atoms with van der Waals surface area (Å²) in [7, 11) is 0. The van der Waals surface area contributed by atoms with E-state index in [0.717, 1.165) is 25.5 Å². The summed E-state index contributed by atoms with van der Waals surface area (Å²) in [6.45, 7) is 3.84. The van der Waals surface area contributed by atoms with Crippen molar-refractivity contribution in [2.45, 2.75) is 13.3 Å². The smallest absolute Gasteiger partial charge is 0.111 e. The molecule has 130 valence electrons. The molecule has 0 atom stereocenters. The molecule has 0 aliphatic carbocycles. The summed E-state index contributed by atoms with van der Waals surface area (Å²) in [6, 6.07) is 15.3. The topological polar surface area (TPSA) is 51.9 Å². The fourth-order valence-corrected chi connectivity index (χ4v) is 3.92. The highest BCUT2D eigenvalue weighted by Gasteiger charge is 2.19. The Balaban J connectivity index is 1.59. The Kier molecular flexibility index (Phi) is 3.49. The predicted molar refractivity (Wildman–Crippen MR) is 111 cm³/mol. The zero-order valence-corrected chi connectivity index (χ0v) is 14.8. The molecule has 0 bridgehead atoms. The van der Waals surface area contributed by atoms with Crippen LogP contribution in [-0.4, -0.2) is 18.2 Å². The van der Waals surface area contributed by atoms with Gasteiger partial charge in [-0.05, 0) is 46.9 Å². The first-order valence-electron chi connectivity index (χ1n) is 9.19. The van der Waals surface area contributed by atoms with Gasteiger partial charge in [-0.25, -0.2) is 0 Å². The average Bonchev–Trinajstić information content (AvgIpc) is 3.33. The van der Waals surface area contributed by atoms with Crippen molar-refractivity contribution in [3.63, 3.8) is 0 Å². The zero-order valence-electron chi connectivity index (χ0n) is 14.8. The van der Waals surface area contributed by atoms with Crippen LogP contribution in [0.15, 0.2) is 48.7 Å². The van der Waals surface area contributed by atoms with Gasteiger partial charge < -0.3 is 20.9 Å². The van der Waals surface area contributed by atoms with E-state index in [1.165, 1.54) is 44.8 Å². The molecule has 4 nitrogen and oxygen atoms in total. The molecular formula is C22H22N4. The molecule has 1 aromatic heterocycles. The lowest BCUT2D eigenvalue weighted by Crippen LogP contribution is -2.09. The van der Waals surface area contributed by atoms with Crippen LogP contribution < -0.4 is 16.0 Å². The molecule has 2 aromatic carbocycles. The Morgan fingerprint density at radius 2 is 1.81 bits per heavy atom. The number of H-pyrrole nitrogens is 1. The Morgan fingerprint density at radius 3 is 2.73 bits per heavy atom. The van der Waals surface area contributed by atoms with Crippen LogP contribution in [0.4, 0.5) is 17.2 Å². The van der Waals surface area contributed by atoms with Gasteiger partial charge in [0.2, 0.25) is 0 Å². The van der Waals surface area contributed by atoms with Crippen LogP contribution >= 0.6 is 0 Å². The summed E-state index contributed by atoms with van der Waals surface area (Å²) < 4.78 is 0. The number of nitrogens with one attached hydrogen (secondary N) is 4. The van der Waals surface area contributed by atoms with E-state index in [0.29, 0.717) is 0 Å². The molecule has 4 N–H and O–H groups in total. The second-order valence-electron chi connectivity index (χ2n) is 6.82. The van der Waals surface area contributed by atoms with Crippen molar-refractivity contribution in [1.82, 2.24) is 4.98 Å². The maximum atomic E-state index is 3.55. The SMILES string of the molecule is CCc1ccccc1-c1c[nH]c2c1C=C(c1ccc3c(c1)NCN3)CN2. The van der Waals surface area contributed by atoms with Crippen LogP contribution in [0.1, 0.15) is 23.6 Å². The van der Waals surface area contributed by atoms with Crippen LogP contribution in [0.3, 0.4) is 0 Å². The van der Waals surface area contributed by atoms with Crippen LogP contribution in [0, 0.1) is 0 Å². The van der Waals surface area contributed by atoms with Crippen LogP contribution in [-0.2, 0) is 6.42 Å². The summed E-state index contributed by atoms with van der Waals surface area (Å²) in [5, 5.41) is 10.3. The Labute approximate surface area is 153 Å². The Bertz CT molecular complexity index is 1010. The average molecular weight is 342 g/mol. The molecule has 2 aliphatic rings. The minimum absolute atomic E-state index is 0.802. The molecule has 0 spiro atoms. The molecular weight excluding hydrogens is 320 g/mol. The molecule has 5 rings (SSSR count). The molecule has 0 saturated heterocycles. The van der Waals surface area contributed by atoms with Gasteiger partial charge in [0.05, 0.1) is 18.0 Å². The summed E-state index contributed by atoms with van der Waals surface area (Å²) in [6.07, 6.45) is 5.48. The van der Waals surface area contributed by atoms with Gasteiger partial charge in [-0.1, -0.05) is 37.3 Å². The standard InChI is InChI=1S/C22H22N4/c1-2-14-5-3-4-6-17(14)19-12-24-22-18(19)9-16(11-23-22)15-7-8-20-21(10-15)26-13-25-20/h3-10,12,23-26H,2,11,13H2,1H3. The number of aromatic nitrogens is 1. The second kappa shape index (κ2) is 5.99. The maximum Gasteiger partial charge on any atom is 0.111 e. The molecule has 4 heteroatoms. The first-order chi connectivity index (χ1) is 12.8. The third-order valence-electron chi connectivity index (χ3n) is 5.33. The Morgan fingerprint density at radius 1 is 0.923 bits per heavy atom. The molecule has 0 saturated carbocycles. The highest BCUT2D eigenvalue weighted by Crippen LogP contribution is 2.38. The van der Waals surface area contributed by atoms with E-state index >= 15 is 0 Å². The zero-order chi connectivity index (χ0) is 17.5. The summed E-state index contributed by atoms with van der Waals surface area (Å²) >= 11 is 0. The number of anilines is 3. The van der Waals surface area contributed by atoms with Crippen molar-refractivity contribution in [2.24, 2.45) is 0 Å².